The fourth-order valence-corrected chi connectivity index (χ4v) is 2.08. The molecular formula is C18H19NO. The zero-order valence-corrected chi connectivity index (χ0v) is 11.8. The third-order valence-electron chi connectivity index (χ3n) is 3.28. The Morgan fingerprint density at radius 3 is 2.60 bits per heavy atom. The molecule has 0 saturated carbocycles. The first-order valence-electron chi connectivity index (χ1n) is 6.97. The molecule has 0 atom stereocenters. The highest BCUT2D eigenvalue weighted by atomic mass is 16.5. The van der Waals surface area contributed by atoms with Crippen molar-refractivity contribution in [1.29, 1.82) is 5.26 Å². The molecule has 102 valence electrons. The number of hydrogen-bond donors (Lipinski definition) is 0. The average molecular weight is 265 g/mol. The van der Waals surface area contributed by atoms with Crippen LogP contribution in [-0.2, 0) is 6.42 Å². The lowest BCUT2D eigenvalue weighted by atomic mass is 10.1. The van der Waals surface area contributed by atoms with E-state index < -0.39 is 0 Å². The molecule has 2 heteroatoms. The van der Waals surface area contributed by atoms with Crippen LogP contribution in [0.25, 0.3) is 0 Å². The Morgan fingerprint density at radius 1 is 1.05 bits per heavy atom. The molecule has 0 N–H and O–H groups in total. The van der Waals surface area contributed by atoms with E-state index in [9.17, 15) is 0 Å². The summed E-state index contributed by atoms with van der Waals surface area (Å²) in [4.78, 5) is 0. The SMILES string of the molecule is Cc1ccc(C#N)cc1OCCCCc1ccccc1. The van der Waals surface area contributed by atoms with Gasteiger partial charge in [0.15, 0.2) is 0 Å². The molecule has 0 fully saturated rings. The number of rotatable bonds is 6. The lowest BCUT2D eigenvalue weighted by Gasteiger charge is -2.09. The van der Waals surface area contributed by atoms with Crippen molar-refractivity contribution in [3.05, 3.63) is 65.2 Å². The molecule has 0 saturated heterocycles. The van der Waals surface area contributed by atoms with Gasteiger partial charge in [-0.05, 0) is 49.4 Å². The highest BCUT2D eigenvalue weighted by Crippen LogP contribution is 2.19. The number of unbranched alkanes of at least 4 members (excludes halogenated alkanes) is 1. The summed E-state index contributed by atoms with van der Waals surface area (Å²) in [5.74, 6) is 0.823. The van der Waals surface area contributed by atoms with Gasteiger partial charge in [-0.15, -0.1) is 0 Å². The van der Waals surface area contributed by atoms with Gasteiger partial charge in [0, 0.05) is 0 Å². The van der Waals surface area contributed by atoms with E-state index in [1.807, 2.05) is 31.2 Å². The molecule has 20 heavy (non-hydrogen) atoms. The minimum Gasteiger partial charge on any atom is -0.493 e. The monoisotopic (exact) mass is 265 g/mol. The third kappa shape index (κ3) is 4.13. The van der Waals surface area contributed by atoms with E-state index in [0.29, 0.717) is 12.2 Å². The van der Waals surface area contributed by atoms with Crippen molar-refractivity contribution in [3.8, 4) is 11.8 Å². The first kappa shape index (κ1) is 14.1. The average Bonchev–Trinajstić information content (AvgIpc) is 2.50. The summed E-state index contributed by atoms with van der Waals surface area (Å²) in [5, 5.41) is 8.88. The molecule has 2 rings (SSSR count). The molecule has 0 aliphatic heterocycles. The Bertz CT molecular complexity index is 584. The minimum absolute atomic E-state index is 0.648. The van der Waals surface area contributed by atoms with Crippen molar-refractivity contribution in [2.75, 3.05) is 6.61 Å². The Hall–Kier alpha value is -2.27. The number of hydrogen-bond acceptors (Lipinski definition) is 2. The largest absolute Gasteiger partial charge is 0.493 e. The molecule has 0 aliphatic carbocycles. The van der Waals surface area contributed by atoms with Gasteiger partial charge < -0.3 is 4.74 Å². The number of ether oxygens (including phenoxy) is 1. The van der Waals surface area contributed by atoms with Crippen molar-refractivity contribution in [2.24, 2.45) is 0 Å². The Morgan fingerprint density at radius 2 is 1.85 bits per heavy atom. The Labute approximate surface area is 120 Å². The van der Waals surface area contributed by atoms with Gasteiger partial charge in [-0.2, -0.15) is 5.26 Å². The van der Waals surface area contributed by atoms with Crippen LogP contribution in [0.3, 0.4) is 0 Å². The van der Waals surface area contributed by atoms with Gasteiger partial charge in [0.1, 0.15) is 5.75 Å². The second-order valence-corrected chi connectivity index (χ2v) is 4.88. The predicted octanol–water partition coefficient (Wildman–Crippen LogP) is 4.27. The fraction of sp³-hybridized carbons (Fsp3) is 0.278. The molecule has 0 amide bonds. The van der Waals surface area contributed by atoms with E-state index in [1.54, 1.807) is 0 Å². The normalized spacial score (nSPS) is 10.0. The van der Waals surface area contributed by atoms with Crippen LogP contribution in [-0.4, -0.2) is 6.61 Å². The van der Waals surface area contributed by atoms with Gasteiger partial charge in [0.05, 0.1) is 18.2 Å². The summed E-state index contributed by atoms with van der Waals surface area (Å²) < 4.78 is 5.77. The predicted molar refractivity (Wildman–Crippen MR) is 80.8 cm³/mol. The van der Waals surface area contributed by atoms with E-state index in [-0.39, 0.29) is 0 Å². The molecule has 2 aromatic carbocycles. The van der Waals surface area contributed by atoms with Crippen LogP contribution >= 0.6 is 0 Å². The highest BCUT2D eigenvalue weighted by Gasteiger charge is 2.01. The van der Waals surface area contributed by atoms with E-state index >= 15 is 0 Å². The number of nitriles is 1. The lowest BCUT2D eigenvalue weighted by Crippen LogP contribution is -2.00. The van der Waals surface area contributed by atoms with Crippen LogP contribution in [0.4, 0.5) is 0 Å². The molecule has 2 aromatic rings. The molecule has 0 aromatic heterocycles. The van der Waals surface area contributed by atoms with Crippen molar-refractivity contribution >= 4 is 0 Å². The second kappa shape index (κ2) is 7.35. The van der Waals surface area contributed by atoms with Crippen LogP contribution in [0.1, 0.15) is 29.5 Å². The molecule has 0 heterocycles. The highest BCUT2D eigenvalue weighted by molar-refractivity contribution is 5.41. The summed E-state index contributed by atoms with van der Waals surface area (Å²) in [6, 6.07) is 18.2. The maximum absolute atomic E-state index is 8.88. The summed E-state index contributed by atoms with van der Waals surface area (Å²) in [5.41, 5.74) is 3.09. The molecule has 0 aliphatic rings. The Kier molecular flexibility index (Phi) is 5.20. The van der Waals surface area contributed by atoms with E-state index in [2.05, 4.69) is 30.3 Å². The standard InChI is InChI=1S/C18H19NO/c1-15-10-11-17(14-19)13-18(15)20-12-6-5-9-16-7-3-2-4-8-16/h2-4,7-8,10-11,13H,5-6,9,12H2,1H3. The Balaban J connectivity index is 1.75. The van der Waals surface area contributed by atoms with Gasteiger partial charge in [0.2, 0.25) is 0 Å². The van der Waals surface area contributed by atoms with E-state index in [1.165, 1.54) is 5.56 Å². The van der Waals surface area contributed by atoms with Crippen LogP contribution in [0.5, 0.6) is 5.75 Å². The summed E-state index contributed by atoms with van der Waals surface area (Å²) >= 11 is 0. The molecule has 0 radical (unpaired) electrons. The van der Waals surface area contributed by atoms with Crippen LogP contribution in [0.15, 0.2) is 48.5 Å². The van der Waals surface area contributed by atoms with Gasteiger partial charge in [-0.3, -0.25) is 0 Å². The maximum Gasteiger partial charge on any atom is 0.123 e. The van der Waals surface area contributed by atoms with Gasteiger partial charge in [0.25, 0.3) is 0 Å². The van der Waals surface area contributed by atoms with Crippen LogP contribution in [0, 0.1) is 18.3 Å². The van der Waals surface area contributed by atoms with E-state index in [4.69, 9.17) is 10.00 Å². The number of benzene rings is 2. The summed E-state index contributed by atoms with van der Waals surface area (Å²) in [6.07, 6.45) is 3.22. The zero-order chi connectivity index (χ0) is 14.2. The summed E-state index contributed by atoms with van der Waals surface area (Å²) in [6.45, 7) is 2.70. The van der Waals surface area contributed by atoms with Crippen LogP contribution < -0.4 is 4.74 Å². The first-order chi connectivity index (χ1) is 9.79. The van der Waals surface area contributed by atoms with Crippen molar-refractivity contribution in [3.63, 3.8) is 0 Å². The first-order valence-corrected chi connectivity index (χ1v) is 6.97. The van der Waals surface area contributed by atoms with Crippen molar-refractivity contribution in [1.82, 2.24) is 0 Å². The topological polar surface area (TPSA) is 33.0 Å². The van der Waals surface area contributed by atoms with Gasteiger partial charge in [-0.25, -0.2) is 0 Å². The van der Waals surface area contributed by atoms with Crippen molar-refractivity contribution in [2.45, 2.75) is 26.2 Å². The molecule has 2 nitrogen and oxygen atoms in total. The fourth-order valence-electron chi connectivity index (χ4n) is 2.08. The quantitative estimate of drug-likeness (QED) is 0.731. The molecular weight excluding hydrogens is 246 g/mol. The summed E-state index contributed by atoms with van der Waals surface area (Å²) in [7, 11) is 0. The minimum atomic E-state index is 0.648. The van der Waals surface area contributed by atoms with Crippen molar-refractivity contribution < 1.29 is 4.74 Å². The lowest BCUT2D eigenvalue weighted by molar-refractivity contribution is 0.305. The van der Waals surface area contributed by atoms with Crippen LogP contribution in [0.2, 0.25) is 0 Å². The maximum atomic E-state index is 8.88. The smallest absolute Gasteiger partial charge is 0.123 e. The second-order valence-electron chi connectivity index (χ2n) is 4.88. The molecule has 0 unspecified atom stereocenters. The molecule has 0 spiro atoms. The molecule has 0 bridgehead atoms. The number of aryl methyl sites for hydroxylation is 2. The third-order valence-corrected chi connectivity index (χ3v) is 3.28. The van der Waals surface area contributed by atoms with E-state index in [0.717, 1.165) is 30.6 Å². The zero-order valence-electron chi connectivity index (χ0n) is 11.8. The van der Waals surface area contributed by atoms with Gasteiger partial charge >= 0.3 is 0 Å². The number of nitrogens with zero attached hydrogens (tertiary/aromatic N) is 1. The van der Waals surface area contributed by atoms with Gasteiger partial charge in [-0.1, -0.05) is 36.4 Å².